The lowest BCUT2D eigenvalue weighted by molar-refractivity contribution is -0.137. The fraction of sp³-hybridized carbons (Fsp3) is 0.500. The lowest BCUT2D eigenvalue weighted by Crippen LogP contribution is -2.40. The molecule has 0 aliphatic heterocycles. The zero-order chi connectivity index (χ0) is 13.5. The molecule has 100 valence electrons. The highest BCUT2D eigenvalue weighted by Gasteiger charge is 2.12. The van der Waals surface area contributed by atoms with E-state index in [0.717, 1.165) is 5.76 Å². The van der Waals surface area contributed by atoms with Gasteiger partial charge in [0.15, 0.2) is 0 Å². The number of nitrogens with one attached hydrogen (secondary N) is 1. The molecule has 1 heterocycles. The van der Waals surface area contributed by atoms with Crippen LogP contribution in [0, 0.1) is 6.92 Å². The standard InChI is InChI=1S/C12H18N2O4/c1-3-14(7-6-11(15)16)12(17)13-8-10-5-4-9(2)18-10/h4-5H,3,6-8H2,1-2H3,(H,13,17)(H,15,16). The Morgan fingerprint density at radius 2 is 2.17 bits per heavy atom. The molecule has 2 N–H and O–H groups in total. The molecule has 1 aromatic rings. The summed E-state index contributed by atoms with van der Waals surface area (Å²) in [5.41, 5.74) is 0. The maximum Gasteiger partial charge on any atom is 0.317 e. The number of carboxylic acids is 1. The van der Waals surface area contributed by atoms with Gasteiger partial charge in [0.2, 0.25) is 0 Å². The van der Waals surface area contributed by atoms with E-state index in [2.05, 4.69) is 5.32 Å². The summed E-state index contributed by atoms with van der Waals surface area (Å²) in [7, 11) is 0. The Morgan fingerprint density at radius 3 is 2.67 bits per heavy atom. The third-order valence-corrected chi connectivity index (χ3v) is 2.47. The minimum Gasteiger partial charge on any atom is -0.481 e. The van der Waals surface area contributed by atoms with E-state index in [9.17, 15) is 9.59 Å². The number of carboxylic acid groups (broad SMARTS) is 1. The van der Waals surface area contributed by atoms with Crippen LogP contribution in [0.3, 0.4) is 0 Å². The van der Waals surface area contributed by atoms with Crippen LogP contribution in [0.25, 0.3) is 0 Å². The second kappa shape index (κ2) is 6.68. The summed E-state index contributed by atoms with van der Waals surface area (Å²) in [4.78, 5) is 23.6. The highest BCUT2D eigenvalue weighted by molar-refractivity contribution is 5.75. The molecule has 1 rings (SSSR count). The fourth-order valence-electron chi connectivity index (χ4n) is 1.49. The number of amides is 2. The van der Waals surface area contributed by atoms with E-state index < -0.39 is 5.97 Å². The van der Waals surface area contributed by atoms with Gasteiger partial charge in [0.25, 0.3) is 0 Å². The Kier molecular flexibility index (Phi) is 5.23. The second-order valence-corrected chi connectivity index (χ2v) is 3.89. The third kappa shape index (κ3) is 4.48. The molecule has 0 saturated carbocycles. The molecule has 1 aromatic heterocycles. The van der Waals surface area contributed by atoms with Crippen LogP contribution in [-0.4, -0.2) is 35.1 Å². The Morgan fingerprint density at radius 1 is 1.44 bits per heavy atom. The van der Waals surface area contributed by atoms with E-state index in [4.69, 9.17) is 9.52 Å². The molecule has 0 fully saturated rings. The van der Waals surface area contributed by atoms with Crippen LogP contribution in [0.2, 0.25) is 0 Å². The molecule has 0 aromatic carbocycles. The molecule has 0 radical (unpaired) electrons. The lowest BCUT2D eigenvalue weighted by atomic mass is 10.4. The molecule has 0 aliphatic rings. The summed E-state index contributed by atoms with van der Waals surface area (Å²) in [6.45, 7) is 4.61. The lowest BCUT2D eigenvalue weighted by Gasteiger charge is -2.20. The molecule has 2 amide bonds. The van der Waals surface area contributed by atoms with Crippen molar-refractivity contribution >= 4 is 12.0 Å². The van der Waals surface area contributed by atoms with Gasteiger partial charge in [0.1, 0.15) is 11.5 Å². The van der Waals surface area contributed by atoms with Crippen LogP contribution < -0.4 is 5.32 Å². The van der Waals surface area contributed by atoms with Crippen molar-refractivity contribution in [1.29, 1.82) is 0 Å². The van der Waals surface area contributed by atoms with Gasteiger partial charge in [-0.15, -0.1) is 0 Å². The Balaban J connectivity index is 2.39. The zero-order valence-electron chi connectivity index (χ0n) is 10.6. The van der Waals surface area contributed by atoms with Gasteiger partial charge in [0.05, 0.1) is 13.0 Å². The van der Waals surface area contributed by atoms with E-state index in [1.54, 1.807) is 13.0 Å². The smallest absolute Gasteiger partial charge is 0.317 e. The van der Waals surface area contributed by atoms with Crippen molar-refractivity contribution in [2.45, 2.75) is 26.8 Å². The first-order valence-corrected chi connectivity index (χ1v) is 5.82. The van der Waals surface area contributed by atoms with Crippen molar-refractivity contribution in [3.8, 4) is 0 Å². The summed E-state index contributed by atoms with van der Waals surface area (Å²) < 4.78 is 5.32. The van der Waals surface area contributed by atoms with E-state index in [0.29, 0.717) is 18.8 Å². The highest BCUT2D eigenvalue weighted by atomic mass is 16.4. The summed E-state index contributed by atoms with van der Waals surface area (Å²) in [5.74, 6) is 0.551. The number of hydrogen-bond donors (Lipinski definition) is 2. The molecular weight excluding hydrogens is 236 g/mol. The van der Waals surface area contributed by atoms with Crippen LogP contribution >= 0.6 is 0 Å². The summed E-state index contributed by atoms with van der Waals surface area (Å²) >= 11 is 0. The molecule has 0 aliphatic carbocycles. The van der Waals surface area contributed by atoms with Crippen LogP contribution in [-0.2, 0) is 11.3 Å². The van der Waals surface area contributed by atoms with Crippen LogP contribution in [0.1, 0.15) is 24.9 Å². The van der Waals surface area contributed by atoms with Gasteiger partial charge < -0.3 is 19.7 Å². The Hall–Kier alpha value is -1.98. The van der Waals surface area contributed by atoms with Gasteiger partial charge in [-0.2, -0.15) is 0 Å². The third-order valence-electron chi connectivity index (χ3n) is 2.47. The summed E-state index contributed by atoms with van der Waals surface area (Å²) in [6, 6.07) is 3.33. The number of carbonyl (C=O) groups is 2. The number of nitrogens with zero attached hydrogens (tertiary/aromatic N) is 1. The van der Waals surface area contributed by atoms with Crippen LogP contribution in [0.4, 0.5) is 4.79 Å². The number of furan rings is 1. The Bertz CT molecular complexity index is 414. The number of aryl methyl sites for hydroxylation is 1. The highest BCUT2D eigenvalue weighted by Crippen LogP contribution is 2.05. The topological polar surface area (TPSA) is 82.8 Å². The minimum absolute atomic E-state index is 0.0544. The van der Waals surface area contributed by atoms with Crippen molar-refractivity contribution in [1.82, 2.24) is 10.2 Å². The van der Waals surface area contributed by atoms with Gasteiger partial charge >= 0.3 is 12.0 Å². The first kappa shape index (κ1) is 14.1. The quantitative estimate of drug-likeness (QED) is 0.807. The van der Waals surface area contributed by atoms with Crippen LogP contribution in [0.5, 0.6) is 0 Å². The monoisotopic (exact) mass is 254 g/mol. The molecule has 0 spiro atoms. The van der Waals surface area contributed by atoms with E-state index in [1.807, 2.05) is 13.0 Å². The van der Waals surface area contributed by atoms with E-state index in [1.165, 1.54) is 4.90 Å². The zero-order valence-corrected chi connectivity index (χ0v) is 10.6. The SMILES string of the molecule is CCN(CCC(=O)O)C(=O)NCc1ccc(C)o1. The van der Waals surface area contributed by atoms with E-state index >= 15 is 0 Å². The first-order valence-electron chi connectivity index (χ1n) is 5.82. The molecule has 0 unspecified atom stereocenters. The molecule has 0 saturated heterocycles. The summed E-state index contributed by atoms with van der Waals surface area (Å²) in [5, 5.41) is 11.3. The first-order chi connectivity index (χ1) is 8.52. The van der Waals surface area contributed by atoms with Crippen molar-refractivity contribution in [2.75, 3.05) is 13.1 Å². The van der Waals surface area contributed by atoms with Gasteiger partial charge in [-0.05, 0) is 26.0 Å². The number of rotatable bonds is 6. The maximum atomic E-state index is 11.7. The van der Waals surface area contributed by atoms with Gasteiger partial charge in [0, 0.05) is 13.1 Å². The molecule has 0 bridgehead atoms. The summed E-state index contributed by atoms with van der Waals surface area (Å²) in [6.07, 6.45) is -0.0544. The fourth-order valence-corrected chi connectivity index (χ4v) is 1.49. The average molecular weight is 254 g/mol. The van der Waals surface area contributed by atoms with Crippen molar-refractivity contribution in [3.63, 3.8) is 0 Å². The molecule has 18 heavy (non-hydrogen) atoms. The molecular formula is C12H18N2O4. The molecule has 0 atom stereocenters. The number of carbonyl (C=O) groups excluding carboxylic acids is 1. The van der Waals surface area contributed by atoms with E-state index in [-0.39, 0.29) is 19.0 Å². The van der Waals surface area contributed by atoms with Gasteiger partial charge in [-0.1, -0.05) is 0 Å². The predicted molar refractivity (Wildman–Crippen MR) is 65.2 cm³/mol. The van der Waals surface area contributed by atoms with Gasteiger partial charge in [-0.25, -0.2) is 4.79 Å². The number of urea groups is 1. The molecule has 6 nitrogen and oxygen atoms in total. The minimum atomic E-state index is -0.914. The average Bonchev–Trinajstić information content (AvgIpc) is 2.73. The van der Waals surface area contributed by atoms with Crippen molar-refractivity contribution in [3.05, 3.63) is 23.7 Å². The second-order valence-electron chi connectivity index (χ2n) is 3.89. The van der Waals surface area contributed by atoms with Crippen molar-refractivity contribution in [2.24, 2.45) is 0 Å². The van der Waals surface area contributed by atoms with Gasteiger partial charge in [-0.3, -0.25) is 4.79 Å². The maximum absolute atomic E-state index is 11.7. The van der Waals surface area contributed by atoms with Crippen LogP contribution in [0.15, 0.2) is 16.5 Å². The number of aliphatic carboxylic acids is 1. The Labute approximate surface area is 106 Å². The molecule has 6 heteroatoms. The largest absolute Gasteiger partial charge is 0.481 e. The normalized spacial score (nSPS) is 10.1. The number of hydrogen-bond acceptors (Lipinski definition) is 3. The predicted octanol–water partition coefficient (Wildman–Crippen LogP) is 1.59. The van der Waals surface area contributed by atoms with Crippen molar-refractivity contribution < 1.29 is 19.1 Å².